The monoisotopic (exact) mass is 293 g/mol. The fourth-order valence-electron chi connectivity index (χ4n) is 1.99. The maximum absolute atomic E-state index is 13.1. The van der Waals surface area contributed by atoms with Crippen LogP contribution in [0.1, 0.15) is 18.1 Å². The van der Waals surface area contributed by atoms with E-state index in [2.05, 4.69) is 0 Å². The highest BCUT2D eigenvalue weighted by atomic mass is 35.5. The van der Waals surface area contributed by atoms with Crippen LogP contribution in [0.5, 0.6) is 11.5 Å². The van der Waals surface area contributed by atoms with Crippen LogP contribution in [-0.2, 0) is 6.42 Å². The highest BCUT2D eigenvalue weighted by molar-refractivity contribution is 6.30. The molecule has 0 aliphatic carbocycles. The lowest BCUT2D eigenvalue weighted by molar-refractivity contribution is 0.476. The first-order valence-corrected chi connectivity index (χ1v) is 6.81. The molecular weight excluding hydrogens is 277 g/mol. The highest BCUT2D eigenvalue weighted by Gasteiger charge is 2.06. The number of aryl methyl sites for hydroxylation is 1. The number of rotatable bonds is 4. The maximum atomic E-state index is 13.1. The molecule has 0 fully saturated rings. The largest absolute Gasteiger partial charge is 0.457 e. The summed E-state index contributed by atoms with van der Waals surface area (Å²) in [6.45, 7) is 3.94. The number of nitrogens with two attached hydrogens (primary N) is 1. The molecule has 2 N–H and O–H groups in total. The zero-order valence-corrected chi connectivity index (χ0v) is 12.2. The summed E-state index contributed by atoms with van der Waals surface area (Å²) in [6, 6.07) is 10.3. The van der Waals surface area contributed by atoms with E-state index in [1.807, 2.05) is 32.0 Å². The first-order chi connectivity index (χ1) is 9.45. The minimum absolute atomic E-state index is 0.0497. The van der Waals surface area contributed by atoms with Crippen molar-refractivity contribution in [2.75, 3.05) is 0 Å². The van der Waals surface area contributed by atoms with Crippen molar-refractivity contribution in [3.63, 3.8) is 0 Å². The van der Waals surface area contributed by atoms with Crippen LogP contribution < -0.4 is 10.5 Å². The molecule has 0 radical (unpaired) electrons. The second kappa shape index (κ2) is 6.25. The third-order valence-electron chi connectivity index (χ3n) is 2.92. The normalized spacial score (nSPS) is 12.2. The molecule has 1 unspecified atom stereocenters. The van der Waals surface area contributed by atoms with Crippen molar-refractivity contribution in [3.05, 3.63) is 58.4 Å². The van der Waals surface area contributed by atoms with Crippen LogP contribution in [0.2, 0.25) is 5.02 Å². The molecule has 106 valence electrons. The average molecular weight is 294 g/mol. The summed E-state index contributed by atoms with van der Waals surface area (Å²) in [4.78, 5) is 0. The first kappa shape index (κ1) is 14.8. The molecule has 0 spiro atoms. The topological polar surface area (TPSA) is 35.2 Å². The van der Waals surface area contributed by atoms with Gasteiger partial charge in [-0.3, -0.25) is 0 Å². The minimum Gasteiger partial charge on any atom is -0.457 e. The minimum atomic E-state index is -0.456. The van der Waals surface area contributed by atoms with Gasteiger partial charge < -0.3 is 10.5 Å². The molecule has 0 aliphatic rings. The quantitative estimate of drug-likeness (QED) is 0.902. The van der Waals surface area contributed by atoms with Crippen molar-refractivity contribution in [2.45, 2.75) is 26.3 Å². The second-order valence-electron chi connectivity index (χ2n) is 4.96. The van der Waals surface area contributed by atoms with E-state index in [1.54, 1.807) is 6.07 Å². The molecule has 0 bridgehead atoms. The Morgan fingerprint density at radius 2 is 2.00 bits per heavy atom. The van der Waals surface area contributed by atoms with E-state index in [-0.39, 0.29) is 11.1 Å². The molecule has 0 heterocycles. The molecule has 0 amide bonds. The van der Waals surface area contributed by atoms with Crippen LogP contribution in [0, 0.1) is 12.7 Å². The molecule has 20 heavy (non-hydrogen) atoms. The molecule has 4 heteroatoms. The Hall–Kier alpha value is -1.58. The number of benzene rings is 2. The van der Waals surface area contributed by atoms with Crippen LogP contribution in [-0.4, -0.2) is 6.04 Å². The Kier molecular flexibility index (Phi) is 4.63. The molecule has 2 rings (SSSR count). The lowest BCUT2D eigenvalue weighted by Gasteiger charge is -2.12. The molecular formula is C16H17ClFNO. The van der Waals surface area contributed by atoms with E-state index in [0.717, 1.165) is 17.7 Å². The van der Waals surface area contributed by atoms with Crippen molar-refractivity contribution in [2.24, 2.45) is 5.73 Å². The van der Waals surface area contributed by atoms with Gasteiger partial charge in [0.05, 0.1) is 5.02 Å². The third kappa shape index (κ3) is 3.71. The van der Waals surface area contributed by atoms with Gasteiger partial charge >= 0.3 is 0 Å². The second-order valence-corrected chi connectivity index (χ2v) is 5.37. The van der Waals surface area contributed by atoms with Crippen LogP contribution >= 0.6 is 11.6 Å². The lowest BCUT2D eigenvalue weighted by Crippen LogP contribution is -2.17. The van der Waals surface area contributed by atoms with E-state index < -0.39 is 5.82 Å². The smallest absolute Gasteiger partial charge is 0.142 e. The lowest BCUT2D eigenvalue weighted by atomic mass is 10.0. The van der Waals surface area contributed by atoms with Crippen molar-refractivity contribution >= 4 is 11.6 Å². The highest BCUT2D eigenvalue weighted by Crippen LogP contribution is 2.28. The summed E-state index contributed by atoms with van der Waals surface area (Å²) in [7, 11) is 0. The zero-order valence-electron chi connectivity index (χ0n) is 11.5. The summed E-state index contributed by atoms with van der Waals surface area (Å²) in [6.07, 6.45) is 0.823. The van der Waals surface area contributed by atoms with E-state index in [9.17, 15) is 4.39 Å². The Morgan fingerprint density at radius 3 is 2.60 bits per heavy atom. The number of halogens is 2. The Bertz CT molecular complexity index is 613. The first-order valence-electron chi connectivity index (χ1n) is 6.43. The van der Waals surface area contributed by atoms with Gasteiger partial charge in [-0.2, -0.15) is 0 Å². The summed E-state index contributed by atoms with van der Waals surface area (Å²) in [5.41, 5.74) is 7.96. The molecule has 2 aromatic carbocycles. The van der Waals surface area contributed by atoms with E-state index in [4.69, 9.17) is 22.1 Å². The van der Waals surface area contributed by atoms with Gasteiger partial charge in [0.25, 0.3) is 0 Å². The predicted octanol–water partition coefficient (Wildman–Crippen LogP) is 4.47. The molecule has 2 nitrogen and oxygen atoms in total. The van der Waals surface area contributed by atoms with Crippen molar-refractivity contribution in [1.82, 2.24) is 0 Å². The van der Waals surface area contributed by atoms with E-state index >= 15 is 0 Å². The Balaban J connectivity index is 2.19. The average Bonchev–Trinajstić information content (AvgIpc) is 2.36. The van der Waals surface area contributed by atoms with Gasteiger partial charge in [0.2, 0.25) is 0 Å². The van der Waals surface area contributed by atoms with Crippen LogP contribution in [0.15, 0.2) is 36.4 Å². The maximum Gasteiger partial charge on any atom is 0.142 e. The van der Waals surface area contributed by atoms with Crippen molar-refractivity contribution < 1.29 is 9.13 Å². The number of hydrogen-bond donors (Lipinski definition) is 1. The summed E-state index contributed by atoms with van der Waals surface area (Å²) in [5, 5.41) is 0.0497. The van der Waals surface area contributed by atoms with Gasteiger partial charge in [-0.15, -0.1) is 0 Å². The van der Waals surface area contributed by atoms with Gasteiger partial charge in [-0.25, -0.2) is 4.39 Å². The number of ether oxygens (including phenoxy) is 1. The zero-order chi connectivity index (χ0) is 14.7. The Labute approximate surface area is 123 Å². The fourth-order valence-corrected chi connectivity index (χ4v) is 2.16. The van der Waals surface area contributed by atoms with Gasteiger partial charge in [0.1, 0.15) is 17.3 Å². The van der Waals surface area contributed by atoms with Crippen LogP contribution in [0.25, 0.3) is 0 Å². The van der Waals surface area contributed by atoms with Crippen molar-refractivity contribution in [1.29, 1.82) is 0 Å². The SMILES string of the molecule is Cc1cc(CC(C)N)ccc1Oc1ccc(F)c(Cl)c1. The van der Waals surface area contributed by atoms with Gasteiger partial charge in [-0.05, 0) is 49.6 Å². The molecule has 0 aromatic heterocycles. The van der Waals surface area contributed by atoms with Crippen LogP contribution in [0.4, 0.5) is 4.39 Å². The standard InChI is InChI=1S/C16H17ClFNO/c1-10-7-12(8-11(2)19)3-6-16(10)20-13-4-5-15(18)14(17)9-13/h3-7,9,11H,8,19H2,1-2H3. The molecule has 2 aromatic rings. The summed E-state index contributed by atoms with van der Waals surface area (Å²) in [5.74, 6) is 0.781. The van der Waals surface area contributed by atoms with Crippen molar-refractivity contribution in [3.8, 4) is 11.5 Å². The van der Waals surface area contributed by atoms with E-state index in [1.165, 1.54) is 17.7 Å². The molecule has 0 saturated carbocycles. The van der Waals surface area contributed by atoms with Gasteiger partial charge in [-0.1, -0.05) is 23.7 Å². The number of hydrogen-bond acceptors (Lipinski definition) is 2. The molecule has 0 saturated heterocycles. The summed E-state index contributed by atoms with van der Waals surface area (Å²) >= 11 is 5.73. The van der Waals surface area contributed by atoms with E-state index in [0.29, 0.717) is 5.75 Å². The molecule has 0 aliphatic heterocycles. The van der Waals surface area contributed by atoms with Crippen LogP contribution in [0.3, 0.4) is 0 Å². The summed E-state index contributed by atoms with van der Waals surface area (Å²) < 4.78 is 18.8. The molecule has 1 atom stereocenters. The Morgan fingerprint density at radius 1 is 1.25 bits per heavy atom. The van der Waals surface area contributed by atoms with Gasteiger partial charge in [0, 0.05) is 12.1 Å². The van der Waals surface area contributed by atoms with Gasteiger partial charge in [0.15, 0.2) is 0 Å². The fraction of sp³-hybridized carbons (Fsp3) is 0.250. The third-order valence-corrected chi connectivity index (χ3v) is 3.21. The predicted molar refractivity (Wildman–Crippen MR) is 80.0 cm³/mol.